The maximum Gasteiger partial charge on any atom is 0.0593 e. The molecule has 2 N–H and O–H groups in total. The number of hydrogen-bond acceptors (Lipinski definition) is 4. The Morgan fingerprint density at radius 1 is 1.05 bits per heavy atom. The first-order chi connectivity index (χ1) is 9.67. The molecule has 3 atom stereocenters. The van der Waals surface area contributed by atoms with Crippen molar-refractivity contribution in [1.29, 1.82) is 0 Å². The zero-order valence-electron chi connectivity index (χ0n) is 13.6. The maximum atomic E-state index is 6.31. The third-order valence-electron chi connectivity index (χ3n) is 4.31. The molecule has 0 amide bonds. The lowest BCUT2D eigenvalue weighted by Gasteiger charge is -2.36. The van der Waals surface area contributed by atoms with Gasteiger partial charge in [0.1, 0.15) is 0 Å². The molecule has 1 saturated carbocycles. The molecule has 0 saturated heterocycles. The van der Waals surface area contributed by atoms with Gasteiger partial charge in [-0.2, -0.15) is 0 Å². The molecule has 1 rings (SSSR count). The van der Waals surface area contributed by atoms with Crippen molar-refractivity contribution < 1.29 is 9.47 Å². The van der Waals surface area contributed by atoms with E-state index in [1.54, 1.807) is 0 Å². The summed E-state index contributed by atoms with van der Waals surface area (Å²) in [4.78, 5) is 2.47. The fourth-order valence-electron chi connectivity index (χ4n) is 3.03. The van der Waals surface area contributed by atoms with Crippen LogP contribution in [0, 0.1) is 11.8 Å². The molecule has 4 nitrogen and oxygen atoms in total. The van der Waals surface area contributed by atoms with Crippen molar-refractivity contribution in [3.63, 3.8) is 0 Å². The quantitative estimate of drug-likeness (QED) is 0.625. The van der Waals surface area contributed by atoms with Crippen LogP contribution in [0.3, 0.4) is 0 Å². The van der Waals surface area contributed by atoms with Crippen LogP contribution in [0.5, 0.6) is 0 Å². The molecule has 1 fully saturated rings. The molecule has 3 unspecified atom stereocenters. The predicted octanol–water partition coefficient (Wildman–Crippen LogP) is 2.12. The van der Waals surface area contributed by atoms with Crippen LogP contribution in [0.2, 0.25) is 0 Å². The Kier molecular flexibility index (Phi) is 9.44. The van der Waals surface area contributed by atoms with Gasteiger partial charge in [0.15, 0.2) is 0 Å². The zero-order valence-corrected chi connectivity index (χ0v) is 13.6. The summed E-state index contributed by atoms with van der Waals surface area (Å²) in [6.45, 7) is 12.7. The minimum absolute atomic E-state index is 0.368. The maximum absolute atomic E-state index is 6.31. The van der Waals surface area contributed by atoms with Gasteiger partial charge in [0.25, 0.3) is 0 Å². The van der Waals surface area contributed by atoms with Crippen LogP contribution in [-0.2, 0) is 9.47 Å². The number of nitrogens with two attached hydrogens (primary N) is 1. The molecule has 0 bridgehead atoms. The SMILES string of the molecule is CCOCCN(CCOCC)CC1CC(C)CCC1N. The summed E-state index contributed by atoms with van der Waals surface area (Å²) in [5.41, 5.74) is 6.31. The lowest BCUT2D eigenvalue weighted by Crippen LogP contribution is -2.44. The molecule has 0 heterocycles. The number of hydrogen-bond donors (Lipinski definition) is 1. The number of nitrogens with zero attached hydrogens (tertiary/aromatic N) is 1. The number of ether oxygens (including phenoxy) is 2. The molecule has 0 spiro atoms. The molecule has 0 aromatic heterocycles. The largest absolute Gasteiger partial charge is 0.380 e. The summed E-state index contributed by atoms with van der Waals surface area (Å²) in [5, 5.41) is 0. The van der Waals surface area contributed by atoms with Crippen molar-refractivity contribution in [3.05, 3.63) is 0 Å². The van der Waals surface area contributed by atoms with E-state index in [0.29, 0.717) is 12.0 Å². The Labute approximate surface area is 125 Å². The summed E-state index contributed by atoms with van der Waals surface area (Å²) >= 11 is 0. The van der Waals surface area contributed by atoms with Crippen molar-refractivity contribution in [2.45, 2.75) is 46.1 Å². The molecule has 20 heavy (non-hydrogen) atoms. The van der Waals surface area contributed by atoms with Crippen LogP contribution >= 0.6 is 0 Å². The van der Waals surface area contributed by atoms with E-state index in [4.69, 9.17) is 15.2 Å². The van der Waals surface area contributed by atoms with Gasteiger partial charge in [-0.05, 0) is 44.9 Å². The summed E-state index contributed by atoms with van der Waals surface area (Å²) in [6.07, 6.45) is 3.73. The highest BCUT2D eigenvalue weighted by molar-refractivity contribution is 4.83. The Balaban J connectivity index is 2.39. The van der Waals surface area contributed by atoms with Gasteiger partial charge in [-0.3, -0.25) is 4.90 Å². The Morgan fingerprint density at radius 2 is 1.65 bits per heavy atom. The van der Waals surface area contributed by atoms with E-state index in [9.17, 15) is 0 Å². The van der Waals surface area contributed by atoms with Crippen molar-refractivity contribution in [2.75, 3.05) is 46.1 Å². The molecule has 0 radical (unpaired) electrons. The Morgan fingerprint density at radius 3 is 2.20 bits per heavy atom. The van der Waals surface area contributed by atoms with E-state index in [0.717, 1.165) is 52.0 Å². The van der Waals surface area contributed by atoms with Crippen molar-refractivity contribution in [3.8, 4) is 0 Å². The monoisotopic (exact) mass is 286 g/mol. The van der Waals surface area contributed by atoms with Gasteiger partial charge in [-0.25, -0.2) is 0 Å². The summed E-state index contributed by atoms with van der Waals surface area (Å²) in [7, 11) is 0. The summed E-state index contributed by atoms with van der Waals surface area (Å²) < 4.78 is 11.0. The van der Waals surface area contributed by atoms with Crippen molar-refractivity contribution in [2.24, 2.45) is 17.6 Å². The van der Waals surface area contributed by atoms with Crippen LogP contribution in [0.25, 0.3) is 0 Å². The second-order valence-electron chi connectivity index (χ2n) is 6.04. The van der Waals surface area contributed by atoms with Gasteiger partial charge < -0.3 is 15.2 Å². The van der Waals surface area contributed by atoms with E-state index in [2.05, 4.69) is 11.8 Å². The lowest BCUT2D eigenvalue weighted by atomic mass is 9.79. The van der Waals surface area contributed by atoms with Crippen molar-refractivity contribution >= 4 is 0 Å². The second kappa shape index (κ2) is 10.6. The van der Waals surface area contributed by atoms with Gasteiger partial charge in [0.05, 0.1) is 13.2 Å². The summed E-state index contributed by atoms with van der Waals surface area (Å²) in [5.74, 6) is 1.45. The van der Waals surface area contributed by atoms with E-state index in [1.165, 1.54) is 19.3 Å². The predicted molar refractivity (Wildman–Crippen MR) is 83.9 cm³/mol. The number of rotatable bonds is 10. The minimum Gasteiger partial charge on any atom is -0.380 e. The molecule has 0 aromatic carbocycles. The molecule has 4 heteroatoms. The zero-order chi connectivity index (χ0) is 14.8. The van der Waals surface area contributed by atoms with Crippen LogP contribution in [-0.4, -0.2) is 57.0 Å². The van der Waals surface area contributed by atoms with Crippen molar-refractivity contribution in [1.82, 2.24) is 4.90 Å². The molecule has 0 aromatic rings. The van der Waals surface area contributed by atoms with E-state index < -0.39 is 0 Å². The smallest absolute Gasteiger partial charge is 0.0593 e. The molecule has 0 aliphatic heterocycles. The Hall–Kier alpha value is -0.160. The highest BCUT2D eigenvalue weighted by Gasteiger charge is 2.27. The highest BCUT2D eigenvalue weighted by atomic mass is 16.5. The van der Waals surface area contributed by atoms with Gasteiger partial charge in [-0.1, -0.05) is 6.92 Å². The topological polar surface area (TPSA) is 47.7 Å². The molecular weight excluding hydrogens is 252 g/mol. The summed E-state index contributed by atoms with van der Waals surface area (Å²) in [6, 6.07) is 0.368. The van der Waals surface area contributed by atoms with Gasteiger partial charge >= 0.3 is 0 Å². The van der Waals surface area contributed by atoms with Crippen LogP contribution in [0.15, 0.2) is 0 Å². The first kappa shape index (κ1) is 17.9. The fourth-order valence-corrected chi connectivity index (χ4v) is 3.03. The molecule has 120 valence electrons. The average molecular weight is 286 g/mol. The molecule has 1 aliphatic rings. The van der Waals surface area contributed by atoms with E-state index in [-0.39, 0.29) is 0 Å². The van der Waals surface area contributed by atoms with Crippen LogP contribution in [0.1, 0.15) is 40.0 Å². The minimum atomic E-state index is 0.368. The lowest BCUT2D eigenvalue weighted by molar-refractivity contribution is 0.0666. The third-order valence-corrected chi connectivity index (χ3v) is 4.31. The van der Waals surface area contributed by atoms with Gasteiger partial charge in [0, 0.05) is 38.9 Å². The fraction of sp³-hybridized carbons (Fsp3) is 1.00. The second-order valence-corrected chi connectivity index (χ2v) is 6.04. The highest BCUT2D eigenvalue weighted by Crippen LogP contribution is 2.28. The third kappa shape index (κ3) is 7.02. The molecule has 1 aliphatic carbocycles. The van der Waals surface area contributed by atoms with Crippen LogP contribution < -0.4 is 5.73 Å². The first-order valence-corrected chi connectivity index (χ1v) is 8.30. The molecular formula is C16H34N2O2. The first-order valence-electron chi connectivity index (χ1n) is 8.30. The normalized spacial score (nSPS) is 27.1. The Bertz CT molecular complexity index is 229. The van der Waals surface area contributed by atoms with E-state index in [1.807, 2.05) is 13.8 Å². The van der Waals surface area contributed by atoms with E-state index >= 15 is 0 Å². The standard InChI is InChI=1S/C16H34N2O2/c1-4-19-10-8-18(9-11-20-5-2)13-15-12-14(3)6-7-16(15)17/h14-16H,4-13,17H2,1-3H3. The van der Waals surface area contributed by atoms with Gasteiger partial charge in [0.2, 0.25) is 0 Å². The van der Waals surface area contributed by atoms with Crippen LogP contribution in [0.4, 0.5) is 0 Å². The van der Waals surface area contributed by atoms with Gasteiger partial charge in [-0.15, -0.1) is 0 Å². The average Bonchev–Trinajstić information content (AvgIpc) is 2.43.